The summed E-state index contributed by atoms with van der Waals surface area (Å²) in [6.07, 6.45) is -1.10. The highest BCUT2D eigenvalue weighted by molar-refractivity contribution is 5.66. The Balaban J connectivity index is 2.33. The first kappa shape index (κ1) is 18.4. The lowest BCUT2D eigenvalue weighted by Gasteiger charge is -2.32. The molecule has 6 heteroatoms. The second-order valence-electron chi connectivity index (χ2n) is 6.82. The predicted octanol–water partition coefficient (Wildman–Crippen LogP) is 4.42. The fourth-order valence-electron chi connectivity index (χ4n) is 2.53. The number of hydrogen-bond donors (Lipinski definition) is 3. The second kappa shape index (κ2) is 7.34. The molecular weight excluding hydrogens is 320 g/mol. The van der Waals surface area contributed by atoms with Gasteiger partial charge in [0.05, 0.1) is 13.2 Å². The Hall–Kier alpha value is -2.89. The number of benzene rings is 2. The van der Waals surface area contributed by atoms with E-state index in [-0.39, 0.29) is 5.41 Å². The standard InChI is InChI=1S/C19H24N2O4/c1-19(2,3)17(21-18(22)23)15-11-14(9-10-16(15)20)25-13-7-5-12(24-4)6-8-13/h5-11,17,21H,20H2,1-4H3,(H,22,23). The lowest BCUT2D eigenvalue weighted by atomic mass is 9.81. The molecule has 2 rings (SSSR count). The largest absolute Gasteiger partial charge is 0.497 e. The summed E-state index contributed by atoms with van der Waals surface area (Å²) < 4.78 is 11.0. The van der Waals surface area contributed by atoms with Gasteiger partial charge in [-0.2, -0.15) is 0 Å². The van der Waals surface area contributed by atoms with Crippen molar-refractivity contribution in [3.63, 3.8) is 0 Å². The molecule has 0 heterocycles. The van der Waals surface area contributed by atoms with Gasteiger partial charge < -0.3 is 25.6 Å². The third-order valence-electron chi connectivity index (χ3n) is 3.80. The summed E-state index contributed by atoms with van der Waals surface area (Å²) in [5.41, 5.74) is 6.92. The van der Waals surface area contributed by atoms with Crippen LogP contribution < -0.4 is 20.5 Å². The van der Waals surface area contributed by atoms with Crippen molar-refractivity contribution >= 4 is 11.8 Å². The summed E-state index contributed by atoms with van der Waals surface area (Å²) in [4.78, 5) is 11.2. The molecule has 6 nitrogen and oxygen atoms in total. The van der Waals surface area contributed by atoms with Crippen molar-refractivity contribution in [3.05, 3.63) is 48.0 Å². The molecule has 1 atom stereocenters. The molecule has 4 N–H and O–H groups in total. The van der Waals surface area contributed by atoms with Crippen LogP contribution in [0.4, 0.5) is 10.5 Å². The monoisotopic (exact) mass is 344 g/mol. The SMILES string of the molecule is COc1ccc(Oc2ccc(N)c(C(NC(=O)O)C(C)(C)C)c2)cc1. The Morgan fingerprint density at radius 1 is 1.08 bits per heavy atom. The minimum Gasteiger partial charge on any atom is -0.497 e. The lowest BCUT2D eigenvalue weighted by molar-refractivity contribution is 0.175. The summed E-state index contributed by atoms with van der Waals surface area (Å²) >= 11 is 0. The van der Waals surface area contributed by atoms with Crippen LogP contribution in [0.25, 0.3) is 0 Å². The first-order valence-corrected chi connectivity index (χ1v) is 7.91. The maximum Gasteiger partial charge on any atom is 0.405 e. The van der Waals surface area contributed by atoms with Gasteiger partial charge in [-0.3, -0.25) is 0 Å². The van der Waals surface area contributed by atoms with Gasteiger partial charge in [0, 0.05) is 11.3 Å². The molecule has 0 aliphatic heterocycles. The van der Waals surface area contributed by atoms with E-state index in [4.69, 9.17) is 20.3 Å². The Kier molecular flexibility index (Phi) is 5.41. The lowest BCUT2D eigenvalue weighted by Crippen LogP contribution is -2.36. The zero-order valence-corrected chi connectivity index (χ0v) is 14.9. The van der Waals surface area contributed by atoms with Crippen LogP contribution in [0.2, 0.25) is 0 Å². The van der Waals surface area contributed by atoms with Crippen LogP contribution in [-0.2, 0) is 0 Å². The van der Waals surface area contributed by atoms with E-state index in [2.05, 4.69) is 5.32 Å². The molecule has 2 aromatic rings. The van der Waals surface area contributed by atoms with Crippen molar-refractivity contribution < 1.29 is 19.4 Å². The molecule has 0 bridgehead atoms. The first-order chi connectivity index (χ1) is 11.7. The van der Waals surface area contributed by atoms with Crippen LogP contribution in [-0.4, -0.2) is 18.3 Å². The molecule has 0 aromatic heterocycles. The van der Waals surface area contributed by atoms with Gasteiger partial charge in [0.1, 0.15) is 17.2 Å². The van der Waals surface area contributed by atoms with Crippen molar-refractivity contribution in [2.75, 3.05) is 12.8 Å². The highest BCUT2D eigenvalue weighted by Gasteiger charge is 2.29. The summed E-state index contributed by atoms with van der Waals surface area (Å²) in [7, 11) is 1.60. The molecule has 0 fully saturated rings. The predicted molar refractivity (Wildman–Crippen MR) is 97.3 cm³/mol. The zero-order chi connectivity index (χ0) is 18.6. The van der Waals surface area contributed by atoms with Crippen LogP contribution in [0.1, 0.15) is 32.4 Å². The normalized spacial score (nSPS) is 12.3. The minimum absolute atomic E-state index is 0.356. The maximum atomic E-state index is 11.2. The van der Waals surface area contributed by atoms with E-state index < -0.39 is 12.1 Å². The number of methoxy groups -OCH3 is 1. The average molecular weight is 344 g/mol. The Morgan fingerprint density at radius 3 is 2.16 bits per heavy atom. The van der Waals surface area contributed by atoms with Gasteiger partial charge in [-0.15, -0.1) is 0 Å². The fourth-order valence-corrected chi connectivity index (χ4v) is 2.53. The highest BCUT2D eigenvalue weighted by Crippen LogP contribution is 2.38. The fraction of sp³-hybridized carbons (Fsp3) is 0.316. The van der Waals surface area contributed by atoms with Crippen molar-refractivity contribution in [2.24, 2.45) is 5.41 Å². The molecular formula is C19H24N2O4. The zero-order valence-electron chi connectivity index (χ0n) is 14.9. The molecule has 0 spiro atoms. The van der Waals surface area contributed by atoms with Gasteiger partial charge in [-0.25, -0.2) is 4.79 Å². The summed E-state index contributed by atoms with van der Waals surface area (Å²) in [5.74, 6) is 1.97. The van der Waals surface area contributed by atoms with Crippen LogP contribution in [0.3, 0.4) is 0 Å². The quantitative estimate of drug-likeness (QED) is 0.698. The Bertz CT molecular complexity index is 736. The van der Waals surface area contributed by atoms with E-state index in [0.717, 1.165) is 5.75 Å². The van der Waals surface area contributed by atoms with Gasteiger partial charge in [-0.05, 0) is 47.9 Å². The number of nitrogens with one attached hydrogen (secondary N) is 1. The Labute approximate surface area is 147 Å². The number of nitrogens with two attached hydrogens (primary N) is 1. The molecule has 0 aliphatic carbocycles. The molecule has 1 amide bonds. The van der Waals surface area contributed by atoms with Gasteiger partial charge in [-0.1, -0.05) is 20.8 Å². The van der Waals surface area contributed by atoms with Crippen molar-refractivity contribution in [2.45, 2.75) is 26.8 Å². The van der Waals surface area contributed by atoms with Gasteiger partial charge in [0.2, 0.25) is 0 Å². The Morgan fingerprint density at radius 2 is 1.64 bits per heavy atom. The van der Waals surface area contributed by atoms with E-state index in [1.807, 2.05) is 20.8 Å². The first-order valence-electron chi connectivity index (χ1n) is 7.91. The molecule has 25 heavy (non-hydrogen) atoms. The number of ether oxygens (including phenoxy) is 2. The summed E-state index contributed by atoms with van der Waals surface area (Å²) in [6, 6.07) is 12.0. The topological polar surface area (TPSA) is 93.8 Å². The number of rotatable bonds is 5. The van der Waals surface area contributed by atoms with Crippen LogP contribution in [0, 0.1) is 5.41 Å². The number of anilines is 1. The van der Waals surface area contributed by atoms with Gasteiger partial charge >= 0.3 is 6.09 Å². The smallest absolute Gasteiger partial charge is 0.405 e. The number of carboxylic acid groups (broad SMARTS) is 1. The number of nitrogen functional groups attached to an aromatic ring is 1. The number of carbonyl (C=O) groups is 1. The second-order valence-corrected chi connectivity index (χ2v) is 6.82. The van der Waals surface area contributed by atoms with Crippen molar-refractivity contribution in [1.29, 1.82) is 0 Å². The van der Waals surface area contributed by atoms with Gasteiger partial charge in [0.15, 0.2) is 0 Å². The average Bonchev–Trinajstić information content (AvgIpc) is 2.54. The van der Waals surface area contributed by atoms with E-state index in [1.54, 1.807) is 49.6 Å². The highest BCUT2D eigenvalue weighted by atomic mass is 16.5. The summed E-state index contributed by atoms with van der Waals surface area (Å²) in [5, 5.41) is 11.7. The minimum atomic E-state index is -1.10. The third-order valence-corrected chi connectivity index (χ3v) is 3.80. The van der Waals surface area contributed by atoms with Crippen LogP contribution >= 0.6 is 0 Å². The van der Waals surface area contributed by atoms with Crippen molar-refractivity contribution in [3.8, 4) is 17.2 Å². The van der Waals surface area contributed by atoms with Crippen molar-refractivity contribution in [1.82, 2.24) is 5.32 Å². The molecule has 2 aromatic carbocycles. The molecule has 0 saturated heterocycles. The van der Waals surface area contributed by atoms with E-state index in [0.29, 0.717) is 22.7 Å². The van der Waals surface area contributed by atoms with Gasteiger partial charge in [0.25, 0.3) is 0 Å². The molecule has 134 valence electrons. The maximum absolute atomic E-state index is 11.2. The van der Waals surface area contributed by atoms with Crippen LogP contribution in [0.15, 0.2) is 42.5 Å². The van der Waals surface area contributed by atoms with E-state index in [9.17, 15) is 4.79 Å². The third kappa shape index (κ3) is 4.79. The molecule has 1 unspecified atom stereocenters. The molecule has 0 saturated carbocycles. The summed E-state index contributed by atoms with van der Waals surface area (Å²) in [6.45, 7) is 5.85. The number of hydrogen-bond acceptors (Lipinski definition) is 4. The molecule has 0 aliphatic rings. The van der Waals surface area contributed by atoms with E-state index >= 15 is 0 Å². The van der Waals surface area contributed by atoms with E-state index in [1.165, 1.54) is 0 Å². The number of amides is 1. The van der Waals surface area contributed by atoms with Crippen LogP contribution in [0.5, 0.6) is 17.2 Å². The molecule has 0 radical (unpaired) electrons.